The molecule has 0 bridgehead atoms. The molecular weight excluding hydrogens is 424 g/mol. The Bertz CT molecular complexity index is 844. The molecule has 0 saturated heterocycles. The molecule has 186 valence electrons. The lowest BCUT2D eigenvalue weighted by molar-refractivity contribution is 0.0488. The van der Waals surface area contributed by atoms with Crippen LogP contribution in [0.15, 0.2) is 48.5 Å². The average Bonchev–Trinajstić information content (AvgIpc) is 2.86. The number of hydrogen-bond donors (Lipinski definition) is 0. The van der Waals surface area contributed by atoms with Crippen LogP contribution in [0.3, 0.4) is 0 Å². The SMILES string of the molecule is CCCCCCCCOC(=O)c1c(CCCCCCCC)cccc1C(=O)Oc1ccccc1. The number of benzene rings is 2. The van der Waals surface area contributed by atoms with Crippen molar-refractivity contribution >= 4 is 11.9 Å². The Hall–Kier alpha value is -2.62. The molecule has 0 aliphatic heterocycles. The summed E-state index contributed by atoms with van der Waals surface area (Å²) in [6.45, 7) is 4.79. The molecule has 0 fully saturated rings. The number of esters is 2. The largest absolute Gasteiger partial charge is 0.462 e. The van der Waals surface area contributed by atoms with Crippen molar-refractivity contribution in [3.63, 3.8) is 0 Å². The summed E-state index contributed by atoms with van der Waals surface area (Å²) < 4.78 is 11.2. The molecule has 0 spiro atoms. The smallest absolute Gasteiger partial charge is 0.344 e. The fourth-order valence-corrected chi connectivity index (χ4v) is 4.09. The van der Waals surface area contributed by atoms with Crippen molar-refractivity contribution in [1.82, 2.24) is 0 Å². The van der Waals surface area contributed by atoms with E-state index in [1.54, 1.807) is 18.2 Å². The van der Waals surface area contributed by atoms with E-state index in [1.807, 2.05) is 30.3 Å². The van der Waals surface area contributed by atoms with E-state index >= 15 is 0 Å². The lowest BCUT2D eigenvalue weighted by Crippen LogP contribution is -2.18. The summed E-state index contributed by atoms with van der Waals surface area (Å²) in [6, 6.07) is 14.4. The summed E-state index contributed by atoms with van der Waals surface area (Å²) in [4.78, 5) is 26.1. The van der Waals surface area contributed by atoms with Gasteiger partial charge in [-0.15, -0.1) is 0 Å². The highest BCUT2D eigenvalue weighted by Crippen LogP contribution is 2.22. The zero-order valence-corrected chi connectivity index (χ0v) is 21.2. The number of para-hydroxylation sites is 1. The van der Waals surface area contributed by atoms with Crippen LogP contribution >= 0.6 is 0 Å². The number of hydrogen-bond acceptors (Lipinski definition) is 4. The van der Waals surface area contributed by atoms with Gasteiger partial charge in [-0.2, -0.15) is 0 Å². The molecule has 0 heterocycles. The predicted octanol–water partition coefficient (Wildman–Crippen LogP) is 8.33. The van der Waals surface area contributed by atoms with Gasteiger partial charge in [0.1, 0.15) is 5.75 Å². The van der Waals surface area contributed by atoms with Crippen LogP contribution in [-0.4, -0.2) is 18.5 Å². The fourth-order valence-electron chi connectivity index (χ4n) is 4.09. The molecule has 0 saturated carbocycles. The van der Waals surface area contributed by atoms with E-state index in [-0.39, 0.29) is 5.56 Å². The van der Waals surface area contributed by atoms with E-state index in [1.165, 1.54) is 44.9 Å². The van der Waals surface area contributed by atoms with Gasteiger partial charge in [0.25, 0.3) is 0 Å². The maximum atomic E-state index is 13.1. The zero-order valence-electron chi connectivity index (χ0n) is 21.2. The fraction of sp³-hybridized carbons (Fsp3) is 0.533. The van der Waals surface area contributed by atoms with Gasteiger partial charge < -0.3 is 9.47 Å². The van der Waals surface area contributed by atoms with Crippen LogP contribution in [-0.2, 0) is 11.2 Å². The average molecular weight is 467 g/mol. The van der Waals surface area contributed by atoms with Gasteiger partial charge in [0, 0.05) is 0 Å². The van der Waals surface area contributed by atoms with E-state index in [9.17, 15) is 9.59 Å². The molecule has 2 rings (SSSR count). The van der Waals surface area contributed by atoms with Crippen LogP contribution in [0.25, 0.3) is 0 Å². The van der Waals surface area contributed by atoms with Crippen LogP contribution in [0.5, 0.6) is 5.75 Å². The highest BCUT2D eigenvalue weighted by molar-refractivity contribution is 6.04. The number of carbonyl (C=O) groups excluding carboxylic acids is 2. The van der Waals surface area contributed by atoms with Gasteiger partial charge in [0.15, 0.2) is 0 Å². The number of rotatable bonds is 17. The molecule has 0 aromatic heterocycles. The van der Waals surface area contributed by atoms with Crippen LogP contribution in [0.1, 0.15) is 117 Å². The molecule has 0 atom stereocenters. The third kappa shape index (κ3) is 10.1. The molecule has 0 unspecified atom stereocenters. The van der Waals surface area contributed by atoms with Crippen molar-refractivity contribution in [2.75, 3.05) is 6.61 Å². The minimum atomic E-state index is -0.525. The van der Waals surface area contributed by atoms with Crippen LogP contribution in [0.2, 0.25) is 0 Å². The quantitative estimate of drug-likeness (QED) is 0.134. The van der Waals surface area contributed by atoms with E-state index < -0.39 is 11.9 Å². The normalized spacial score (nSPS) is 10.8. The lowest BCUT2D eigenvalue weighted by atomic mass is 9.96. The Balaban J connectivity index is 2.07. The Morgan fingerprint density at radius 3 is 1.94 bits per heavy atom. The van der Waals surface area contributed by atoms with E-state index in [0.717, 1.165) is 44.1 Å². The summed E-state index contributed by atoms with van der Waals surface area (Å²) in [7, 11) is 0. The Labute approximate surface area is 206 Å². The third-order valence-corrected chi connectivity index (χ3v) is 6.06. The lowest BCUT2D eigenvalue weighted by Gasteiger charge is -2.14. The molecule has 0 amide bonds. The summed E-state index contributed by atoms with van der Waals surface area (Å²) in [5.41, 5.74) is 1.51. The van der Waals surface area contributed by atoms with Gasteiger partial charge in [0.2, 0.25) is 0 Å². The molecule has 0 aliphatic carbocycles. The number of ether oxygens (including phenoxy) is 2. The summed E-state index contributed by atoms with van der Waals surface area (Å²) in [5.74, 6) is -0.488. The van der Waals surface area contributed by atoms with Crippen molar-refractivity contribution in [2.24, 2.45) is 0 Å². The van der Waals surface area contributed by atoms with Crippen LogP contribution in [0, 0.1) is 0 Å². The van der Waals surface area contributed by atoms with Crippen molar-refractivity contribution in [1.29, 1.82) is 0 Å². The molecule has 0 aliphatic rings. The van der Waals surface area contributed by atoms with Crippen LogP contribution < -0.4 is 4.74 Å². The summed E-state index contributed by atoms with van der Waals surface area (Å²) in [6.07, 6.45) is 14.5. The minimum Gasteiger partial charge on any atom is -0.462 e. The van der Waals surface area contributed by atoms with Gasteiger partial charge in [-0.05, 0) is 43.0 Å². The second-order valence-electron chi connectivity index (χ2n) is 8.96. The van der Waals surface area contributed by atoms with E-state index in [2.05, 4.69) is 13.8 Å². The van der Waals surface area contributed by atoms with E-state index in [0.29, 0.717) is 17.9 Å². The summed E-state index contributed by atoms with van der Waals surface area (Å²) >= 11 is 0. The second-order valence-corrected chi connectivity index (χ2v) is 8.96. The highest BCUT2D eigenvalue weighted by Gasteiger charge is 2.23. The Kier molecular flexibility index (Phi) is 13.7. The minimum absolute atomic E-state index is 0.278. The van der Waals surface area contributed by atoms with Crippen molar-refractivity contribution in [3.05, 3.63) is 65.2 Å². The first-order valence-corrected chi connectivity index (χ1v) is 13.2. The van der Waals surface area contributed by atoms with Gasteiger partial charge in [-0.3, -0.25) is 0 Å². The first-order valence-electron chi connectivity index (χ1n) is 13.2. The Morgan fingerprint density at radius 2 is 1.26 bits per heavy atom. The van der Waals surface area contributed by atoms with Gasteiger partial charge in [0.05, 0.1) is 17.7 Å². The van der Waals surface area contributed by atoms with Gasteiger partial charge in [-0.25, -0.2) is 9.59 Å². The monoisotopic (exact) mass is 466 g/mol. The number of aryl methyl sites for hydroxylation is 1. The maximum Gasteiger partial charge on any atom is 0.344 e. The first kappa shape index (κ1) is 27.6. The predicted molar refractivity (Wildman–Crippen MR) is 139 cm³/mol. The third-order valence-electron chi connectivity index (χ3n) is 6.06. The van der Waals surface area contributed by atoms with Crippen molar-refractivity contribution < 1.29 is 19.1 Å². The second kappa shape index (κ2) is 16.9. The maximum absolute atomic E-state index is 13.1. The first-order chi connectivity index (χ1) is 16.7. The standard InChI is InChI=1S/C30H42O4/c1-3-5-7-9-11-14-19-25-20-18-23-27(29(31)34-26-21-15-13-16-22-26)28(25)30(32)33-24-17-12-10-8-6-4-2/h13,15-16,18,20-23H,3-12,14,17,19,24H2,1-2H3. The molecule has 2 aromatic carbocycles. The highest BCUT2D eigenvalue weighted by atomic mass is 16.5. The van der Waals surface area contributed by atoms with Gasteiger partial charge in [-0.1, -0.05) is 108 Å². The van der Waals surface area contributed by atoms with Crippen LogP contribution in [0.4, 0.5) is 0 Å². The number of carbonyl (C=O) groups is 2. The molecule has 4 heteroatoms. The van der Waals surface area contributed by atoms with Crippen molar-refractivity contribution in [3.8, 4) is 5.75 Å². The molecular formula is C30H42O4. The molecule has 2 aromatic rings. The summed E-state index contributed by atoms with van der Waals surface area (Å²) in [5, 5.41) is 0. The molecule has 0 N–H and O–H groups in total. The molecule has 34 heavy (non-hydrogen) atoms. The van der Waals surface area contributed by atoms with Gasteiger partial charge >= 0.3 is 11.9 Å². The number of unbranched alkanes of at least 4 members (excludes halogenated alkanes) is 10. The zero-order chi connectivity index (χ0) is 24.4. The van der Waals surface area contributed by atoms with E-state index in [4.69, 9.17) is 9.47 Å². The molecule has 4 nitrogen and oxygen atoms in total. The topological polar surface area (TPSA) is 52.6 Å². The molecule has 0 radical (unpaired) electrons. The Morgan fingerprint density at radius 1 is 0.647 bits per heavy atom. The van der Waals surface area contributed by atoms with Crippen molar-refractivity contribution in [2.45, 2.75) is 97.3 Å².